The molecule has 2 N–H and O–H groups in total. The number of carbonyl (C=O) groups is 2. The highest BCUT2D eigenvalue weighted by atomic mass is 16.2. The first kappa shape index (κ1) is 17.0. The molecular formula is C20H23N3O2. The van der Waals surface area contributed by atoms with E-state index in [4.69, 9.17) is 0 Å². The molecule has 2 aromatic rings. The maximum atomic E-state index is 12.9. The van der Waals surface area contributed by atoms with Crippen molar-refractivity contribution in [2.45, 2.75) is 33.2 Å². The van der Waals surface area contributed by atoms with Gasteiger partial charge in [0.15, 0.2) is 0 Å². The number of para-hydroxylation sites is 2. The fraction of sp³-hybridized carbons (Fsp3) is 0.300. The molecule has 0 radical (unpaired) electrons. The van der Waals surface area contributed by atoms with Gasteiger partial charge in [-0.15, -0.1) is 0 Å². The van der Waals surface area contributed by atoms with Gasteiger partial charge in [0.1, 0.15) is 0 Å². The van der Waals surface area contributed by atoms with Crippen molar-refractivity contribution in [3.63, 3.8) is 0 Å². The van der Waals surface area contributed by atoms with E-state index in [1.807, 2.05) is 57.2 Å². The van der Waals surface area contributed by atoms with Gasteiger partial charge in [0.2, 0.25) is 11.8 Å². The van der Waals surface area contributed by atoms with E-state index < -0.39 is 0 Å². The van der Waals surface area contributed by atoms with Crippen LogP contribution in [0.25, 0.3) is 0 Å². The molecule has 1 aliphatic rings. The number of benzene rings is 2. The third-order valence-corrected chi connectivity index (χ3v) is 4.29. The van der Waals surface area contributed by atoms with Gasteiger partial charge in [-0.3, -0.25) is 9.59 Å². The highest BCUT2D eigenvalue weighted by Crippen LogP contribution is 2.31. The predicted molar refractivity (Wildman–Crippen MR) is 101 cm³/mol. The van der Waals surface area contributed by atoms with E-state index in [-0.39, 0.29) is 30.8 Å². The van der Waals surface area contributed by atoms with Crippen molar-refractivity contribution >= 4 is 28.9 Å². The maximum Gasteiger partial charge on any atom is 0.246 e. The Morgan fingerprint density at radius 2 is 1.88 bits per heavy atom. The van der Waals surface area contributed by atoms with Crippen molar-refractivity contribution in [2.75, 3.05) is 22.1 Å². The van der Waals surface area contributed by atoms with E-state index in [1.165, 1.54) is 0 Å². The largest absolute Gasteiger partial charge is 0.376 e. The Hall–Kier alpha value is -2.82. The lowest BCUT2D eigenvalue weighted by Crippen LogP contribution is -2.42. The Balaban J connectivity index is 1.81. The standard InChI is InChI=1S/C20H23N3O2/c1-13-8-14(2)10-16(9-13)21-12-20(25)23-15(3)11-19(24)22-17-6-4-5-7-18(17)23/h4-10,15,21H,11-12H2,1-3H3,(H,22,24). The van der Waals surface area contributed by atoms with Gasteiger partial charge >= 0.3 is 0 Å². The van der Waals surface area contributed by atoms with Crippen LogP contribution in [0.5, 0.6) is 0 Å². The monoisotopic (exact) mass is 337 g/mol. The second-order valence-corrected chi connectivity index (χ2v) is 6.61. The molecule has 1 atom stereocenters. The molecule has 3 rings (SSSR count). The number of carbonyl (C=O) groups excluding carboxylic acids is 2. The smallest absolute Gasteiger partial charge is 0.246 e. The number of aryl methyl sites for hydroxylation is 2. The SMILES string of the molecule is Cc1cc(C)cc(NCC(=O)N2c3ccccc3NC(=O)CC2C)c1. The van der Waals surface area contributed by atoms with Crippen molar-refractivity contribution in [3.8, 4) is 0 Å². The minimum Gasteiger partial charge on any atom is -0.376 e. The van der Waals surface area contributed by atoms with Crippen LogP contribution < -0.4 is 15.5 Å². The van der Waals surface area contributed by atoms with E-state index in [2.05, 4.69) is 16.7 Å². The van der Waals surface area contributed by atoms with Gasteiger partial charge in [0.05, 0.1) is 17.9 Å². The van der Waals surface area contributed by atoms with Crippen molar-refractivity contribution in [1.29, 1.82) is 0 Å². The average Bonchev–Trinajstić information content (AvgIpc) is 2.66. The Labute approximate surface area is 148 Å². The molecule has 130 valence electrons. The van der Waals surface area contributed by atoms with Crippen LogP contribution in [0.2, 0.25) is 0 Å². The first-order valence-corrected chi connectivity index (χ1v) is 8.47. The number of nitrogens with one attached hydrogen (secondary N) is 2. The summed E-state index contributed by atoms with van der Waals surface area (Å²) in [5.41, 5.74) is 4.65. The van der Waals surface area contributed by atoms with Crippen LogP contribution in [0.15, 0.2) is 42.5 Å². The summed E-state index contributed by atoms with van der Waals surface area (Å²) in [5.74, 6) is -0.131. The zero-order chi connectivity index (χ0) is 18.0. The number of fused-ring (bicyclic) bond motifs is 1. The van der Waals surface area contributed by atoms with Gasteiger partial charge in [0.25, 0.3) is 0 Å². The van der Waals surface area contributed by atoms with Gasteiger partial charge in [0, 0.05) is 18.2 Å². The molecule has 0 saturated carbocycles. The number of hydrogen-bond acceptors (Lipinski definition) is 3. The third kappa shape index (κ3) is 3.82. The van der Waals surface area contributed by atoms with E-state index in [9.17, 15) is 9.59 Å². The van der Waals surface area contributed by atoms with Crippen molar-refractivity contribution in [2.24, 2.45) is 0 Å². The topological polar surface area (TPSA) is 61.4 Å². The van der Waals surface area contributed by atoms with E-state index in [1.54, 1.807) is 4.90 Å². The first-order chi connectivity index (χ1) is 11.9. The summed E-state index contributed by atoms with van der Waals surface area (Å²) < 4.78 is 0. The summed E-state index contributed by atoms with van der Waals surface area (Å²) in [6, 6.07) is 13.4. The molecule has 0 spiro atoms. The van der Waals surface area contributed by atoms with E-state index in [0.29, 0.717) is 5.69 Å². The van der Waals surface area contributed by atoms with Gasteiger partial charge in [-0.1, -0.05) is 18.2 Å². The van der Waals surface area contributed by atoms with Gasteiger partial charge in [-0.2, -0.15) is 0 Å². The van der Waals surface area contributed by atoms with Crippen LogP contribution in [0, 0.1) is 13.8 Å². The first-order valence-electron chi connectivity index (χ1n) is 8.47. The second-order valence-electron chi connectivity index (χ2n) is 6.61. The zero-order valence-electron chi connectivity index (χ0n) is 14.8. The van der Waals surface area contributed by atoms with Crippen LogP contribution in [0.4, 0.5) is 17.1 Å². The van der Waals surface area contributed by atoms with E-state index in [0.717, 1.165) is 22.5 Å². The molecule has 2 aromatic carbocycles. The number of rotatable bonds is 3. The zero-order valence-corrected chi connectivity index (χ0v) is 14.8. The Morgan fingerprint density at radius 1 is 1.20 bits per heavy atom. The van der Waals surface area contributed by atoms with Crippen molar-refractivity contribution < 1.29 is 9.59 Å². The number of amides is 2. The summed E-state index contributed by atoms with van der Waals surface area (Å²) in [5, 5.41) is 6.08. The van der Waals surface area contributed by atoms with Crippen LogP contribution in [0.3, 0.4) is 0 Å². The fourth-order valence-electron chi connectivity index (χ4n) is 3.31. The summed E-state index contributed by atoms with van der Waals surface area (Å²) in [4.78, 5) is 26.6. The highest BCUT2D eigenvalue weighted by Gasteiger charge is 2.29. The summed E-state index contributed by atoms with van der Waals surface area (Å²) in [6.07, 6.45) is 0.282. The Bertz CT molecular complexity index is 796. The Kier molecular flexibility index (Phi) is 4.74. The quantitative estimate of drug-likeness (QED) is 0.901. The van der Waals surface area contributed by atoms with Crippen LogP contribution in [-0.2, 0) is 9.59 Å². The minimum absolute atomic E-state index is 0.0596. The van der Waals surface area contributed by atoms with Crippen molar-refractivity contribution in [3.05, 3.63) is 53.6 Å². The third-order valence-electron chi connectivity index (χ3n) is 4.29. The normalized spacial score (nSPS) is 16.7. The molecule has 1 heterocycles. The second kappa shape index (κ2) is 6.97. The molecule has 0 aliphatic carbocycles. The van der Waals surface area contributed by atoms with Gasteiger partial charge in [-0.05, 0) is 56.2 Å². The summed E-state index contributed by atoms with van der Waals surface area (Å²) in [7, 11) is 0. The van der Waals surface area contributed by atoms with E-state index >= 15 is 0 Å². The molecular weight excluding hydrogens is 314 g/mol. The predicted octanol–water partition coefficient (Wildman–Crippen LogP) is 3.48. The molecule has 1 unspecified atom stereocenters. The lowest BCUT2D eigenvalue weighted by Gasteiger charge is -2.28. The fourth-order valence-corrected chi connectivity index (χ4v) is 3.31. The number of hydrogen-bond donors (Lipinski definition) is 2. The Morgan fingerprint density at radius 3 is 2.60 bits per heavy atom. The minimum atomic E-state index is -0.197. The molecule has 0 aromatic heterocycles. The van der Waals surface area contributed by atoms with Gasteiger partial charge < -0.3 is 15.5 Å². The van der Waals surface area contributed by atoms with Crippen molar-refractivity contribution in [1.82, 2.24) is 0 Å². The van der Waals surface area contributed by atoms with Crippen LogP contribution in [0.1, 0.15) is 24.5 Å². The highest BCUT2D eigenvalue weighted by molar-refractivity contribution is 6.05. The molecule has 2 amide bonds. The van der Waals surface area contributed by atoms with Crippen LogP contribution in [-0.4, -0.2) is 24.4 Å². The van der Waals surface area contributed by atoms with Gasteiger partial charge in [-0.25, -0.2) is 0 Å². The number of nitrogens with zero attached hydrogens (tertiary/aromatic N) is 1. The molecule has 25 heavy (non-hydrogen) atoms. The summed E-state index contributed by atoms with van der Waals surface area (Å²) >= 11 is 0. The average molecular weight is 337 g/mol. The molecule has 5 heteroatoms. The molecule has 1 aliphatic heterocycles. The summed E-state index contributed by atoms with van der Waals surface area (Å²) in [6.45, 7) is 6.14. The lowest BCUT2D eigenvalue weighted by atomic mass is 10.1. The molecule has 5 nitrogen and oxygen atoms in total. The van der Waals surface area contributed by atoms with Crippen LogP contribution >= 0.6 is 0 Å². The number of anilines is 3. The molecule has 0 saturated heterocycles. The molecule has 0 bridgehead atoms. The maximum absolute atomic E-state index is 12.9. The molecule has 0 fully saturated rings. The lowest BCUT2D eigenvalue weighted by molar-refractivity contribution is -0.118.